The highest BCUT2D eigenvalue weighted by molar-refractivity contribution is 7.93. The third-order valence-electron chi connectivity index (χ3n) is 2.49. The molecule has 0 radical (unpaired) electrons. The standard InChI is InChI=1S/C14H27FN2O6S/c1-12(18)17-9-13(15)10-22-8-7-21-6-5-20-4-3-16-14(19)11-23-24-2/h13H,3-11H2,1-2H3,(H,16,19)(H,17,18). The highest BCUT2D eigenvalue weighted by Gasteiger charge is 2.06. The molecule has 1 atom stereocenters. The molecule has 0 saturated heterocycles. The van der Waals surface area contributed by atoms with Crippen LogP contribution in [0.15, 0.2) is 0 Å². The number of rotatable bonds is 16. The molecule has 1 unspecified atom stereocenters. The molecule has 2 N–H and O–H groups in total. The van der Waals surface area contributed by atoms with Crippen molar-refractivity contribution in [2.75, 3.05) is 65.6 Å². The Bertz CT molecular complexity index is 338. The molecule has 8 nitrogen and oxygen atoms in total. The van der Waals surface area contributed by atoms with Crippen LogP contribution in [0.25, 0.3) is 0 Å². The minimum Gasteiger partial charge on any atom is -0.377 e. The first-order valence-electron chi connectivity index (χ1n) is 7.60. The van der Waals surface area contributed by atoms with Gasteiger partial charge in [0.15, 0.2) is 0 Å². The van der Waals surface area contributed by atoms with Gasteiger partial charge >= 0.3 is 0 Å². The number of hydrogen-bond donors (Lipinski definition) is 2. The summed E-state index contributed by atoms with van der Waals surface area (Å²) in [6.07, 6.45) is 0.511. The molecule has 0 rings (SSSR count). The first-order valence-corrected chi connectivity index (χ1v) is 8.75. The van der Waals surface area contributed by atoms with Gasteiger partial charge in [-0.3, -0.25) is 9.59 Å². The highest BCUT2D eigenvalue weighted by atomic mass is 32.2. The molecule has 0 saturated carbocycles. The van der Waals surface area contributed by atoms with Gasteiger partial charge in [-0.2, -0.15) is 0 Å². The van der Waals surface area contributed by atoms with Crippen molar-refractivity contribution in [2.24, 2.45) is 0 Å². The smallest absolute Gasteiger partial charge is 0.247 e. The molecule has 0 heterocycles. The van der Waals surface area contributed by atoms with Crippen LogP contribution < -0.4 is 10.6 Å². The van der Waals surface area contributed by atoms with Crippen molar-refractivity contribution < 1.29 is 32.4 Å². The molecule has 142 valence electrons. The van der Waals surface area contributed by atoms with E-state index in [0.29, 0.717) is 33.0 Å². The zero-order valence-corrected chi connectivity index (χ0v) is 15.0. The van der Waals surface area contributed by atoms with Crippen LogP contribution in [0, 0.1) is 0 Å². The second kappa shape index (κ2) is 16.9. The number of hydrogen-bond acceptors (Lipinski definition) is 7. The number of carbonyl (C=O) groups is 2. The molecule has 0 aromatic heterocycles. The van der Waals surface area contributed by atoms with Crippen LogP contribution in [-0.2, 0) is 28.0 Å². The van der Waals surface area contributed by atoms with Gasteiger partial charge in [0.05, 0.1) is 46.2 Å². The maximum atomic E-state index is 13.2. The molecular formula is C14H27FN2O6S. The van der Waals surface area contributed by atoms with Gasteiger partial charge in [-0.1, -0.05) is 0 Å². The Hall–Kier alpha value is -0.940. The summed E-state index contributed by atoms with van der Waals surface area (Å²) in [5.74, 6) is -0.458. The minimum absolute atomic E-state index is 0.0226. The fourth-order valence-corrected chi connectivity index (χ4v) is 1.62. The number of carbonyl (C=O) groups excluding carboxylic acids is 2. The van der Waals surface area contributed by atoms with Gasteiger partial charge < -0.3 is 29.0 Å². The normalized spacial score (nSPS) is 12.0. The molecule has 0 aromatic rings. The number of ether oxygens (including phenoxy) is 3. The first-order chi connectivity index (χ1) is 11.6. The van der Waals surface area contributed by atoms with E-state index >= 15 is 0 Å². The lowest BCUT2D eigenvalue weighted by Crippen LogP contribution is -2.31. The average Bonchev–Trinajstić information content (AvgIpc) is 2.55. The minimum atomic E-state index is -1.23. The Morgan fingerprint density at radius 1 is 1.04 bits per heavy atom. The third-order valence-corrected chi connectivity index (χ3v) is 2.85. The summed E-state index contributed by atoms with van der Waals surface area (Å²) in [5, 5.41) is 5.01. The maximum absolute atomic E-state index is 13.2. The summed E-state index contributed by atoms with van der Waals surface area (Å²) in [6.45, 7) is 3.40. The Kier molecular flexibility index (Phi) is 16.2. The summed E-state index contributed by atoms with van der Waals surface area (Å²) in [5.41, 5.74) is 0. The number of amides is 2. The van der Waals surface area contributed by atoms with E-state index in [1.54, 1.807) is 6.26 Å². The van der Waals surface area contributed by atoms with Gasteiger partial charge in [-0.25, -0.2) is 4.39 Å². The van der Waals surface area contributed by atoms with Crippen LogP contribution in [0.5, 0.6) is 0 Å². The SMILES string of the molecule is CSOCC(=O)NCCOCCOCCOCC(F)CNC(C)=O. The van der Waals surface area contributed by atoms with Crippen molar-refractivity contribution in [2.45, 2.75) is 13.1 Å². The van der Waals surface area contributed by atoms with Crippen molar-refractivity contribution >= 4 is 23.9 Å². The third kappa shape index (κ3) is 17.4. The van der Waals surface area contributed by atoms with E-state index in [2.05, 4.69) is 10.6 Å². The van der Waals surface area contributed by atoms with Gasteiger partial charge in [0.25, 0.3) is 0 Å². The lowest BCUT2D eigenvalue weighted by molar-refractivity contribution is -0.123. The van der Waals surface area contributed by atoms with E-state index < -0.39 is 6.17 Å². The summed E-state index contributed by atoms with van der Waals surface area (Å²) in [6, 6.07) is 0. The van der Waals surface area contributed by atoms with Crippen LogP contribution in [0.3, 0.4) is 0 Å². The van der Waals surface area contributed by atoms with Gasteiger partial charge in [-0.05, 0) is 12.0 Å². The number of halogens is 1. The molecule has 0 bridgehead atoms. The Labute approximate surface area is 146 Å². The predicted octanol–water partition coefficient (Wildman–Crippen LogP) is -0.0788. The van der Waals surface area contributed by atoms with Crippen molar-refractivity contribution in [3.05, 3.63) is 0 Å². The molecule has 0 fully saturated rings. The second-order valence-electron chi connectivity index (χ2n) is 4.61. The van der Waals surface area contributed by atoms with E-state index in [4.69, 9.17) is 18.4 Å². The van der Waals surface area contributed by atoms with Crippen LogP contribution in [0.1, 0.15) is 6.92 Å². The largest absolute Gasteiger partial charge is 0.377 e. The van der Waals surface area contributed by atoms with E-state index in [1.807, 2.05) is 0 Å². The summed E-state index contributed by atoms with van der Waals surface area (Å²) < 4.78 is 33.6. The topological polar surface area (TPSA) is 95.1 Å². The molecule has 0 spiro atoms. The summed E-state index contributed by atoms with van der Waals surface area (Å²) in [4.78, 5) is 21.8. The lowest BCUT2D eigenvalue weighted by Gasteiger charge is -2.10. The van der Waals surface area contributed by atoms with Crippen molar-refractivity contribution in [3.63, 3.8) is 0 Å². The summed E-state index contributed by atoms with van der Waals surface area (Å²) in [7, 11) is 0. The van der Waals surface area contributed by atoms with Crippen molar-refractivity contribution in [1.29, 1.82) is 0 Å². The monoisotopic (exact) mass is 370 g/mol. The molecule has 24 heavy (non-hydrogen) atoms. The number of alkyl halides is 1. The van der Waals surface area contributed by atoms with Crippen LogP contribution in [0.4, 0.5) is 4.39 Å². The molecule has 0 aliphatic carbocycles. The van der Waals surface area contributed by atoms with Gasteiger partial charge in [0.1, 0.15) is 12.8 Å². The highest BCUT2D eigenvalue weighted by Crippen LogP contribution is 1.92. The Morgan fingerprint density at radius 2 is 1.67 bits per heavy atom. The Balaban J connectivity index is 3.20. The molecule has 2 amide bonds. The molecule has 0 aliphatic rings. The van der Waals surface area contributed by atoms with Crippen molar-refractivity contribution in [1.82, 2.24) is 10.6 Å². The average molecular weight is 370 g/mol. The van der Waals surface area contributed by atoms with Crippen LogP contribution in [-0.4, -0.2) is 83.6 Å². The van der Waals surface area contributed by atoms with E-state index in [9.17, 15) is 14.0 Å². The van der Waals surface area contributed by atoms with Crippen LogP contribution >= 0.6 is 12.0 Å². The van der Waals surface area contributed by atoms with Gasteiger partial charge in [0.2, 0.25) is 11.8 Å². The molecule has 0 aromatic carbocycles. The predicted molar refractivity (Wildman–Crippen MR) is 88.5 cm³/mol. The van der Waals surface area contributed by atoms with Crippen molar-refractivity contribution in [3.8, 4) is 0 Å². The zero-order chi connectivity index (χ0) is 18.0. The maximum Gasteiger partial charge on any atom is 0.247 e. The fourth-order valence-electron chi connectivity index (χ4n) is 1.39. The zero-order valence-electron chi connectivity index (χ0n) is 14.2. The first kappa shape index (κ1) is 23.1. The molecule has 0 aliphatic heterocycles. The second-order valence-corrected chi connectivity index (χ2v) is 5.18. The Morgan fingerprint density at radius 3 is 2.29 bits per heavy atom. The summed E-state index contributed by atoms with van der Waals surface area (Å²) >= 11 is 1.14. The lowest BCUT2D eigenvalue weighted by atomic mass is 10.4. The van der Waals surface area contributed by atoms with Gasteiger partial charge in [-0.15, -0.1) is 0 Å². The van der Waals surface area contributed by atoms with E-state index in [0.717, 1.165) is 12.0 Å². The van der Waals surface area contributed by atoms with Gasteiger partial charge in [0, 0.05) is 19.7 Å². The van der Waals surface area contributed by atoms with E-state index in [-0.39, 0.29) is 38.2 Å². The fraction of sp³-hybridized carbons (Fsp3) is 0.857. The van der Waals surface area contributed by atoms with E-state index in [1.165, 1.54) is 6.92 Å². The molecular weight excluding hydrogens is 343 g/mol. The number of nitrogens with one attached hydrogen (secondary N) is 2. The molecule has 10 heteroatoms. The van der Waals surface area contributed by atoms with Crippen LogP contribution in [0.2, 0.25) is 0 Å². The quantitative estimate of drug-likeness (QED) is 0.290.